The standard InChI is InChI=1S/C16H8N2O4S/c19-14-10-3-1-2-4-11(10)15(20)18(14)22-16(21)9-5-6-12-13(7-9)23-8-17-12/h1-8H. The van der Waals surface area contributed by atoms with Crippen molar-refractivity contribution in [3.63, 3.8) is 0 Å². The monoisotopic (exact) mass is 324 g/mol. The highest BCUT2D eigenvalue weighted by Gasteiger charge is 2.38. The molecule has 0 N–H and O–H groups in total. The first-order valence-electron chi connectivity index (χ1n) is 6.68. The van der Waals surface area contributed by atoms with Gasteiger partial charge in [-0.15, -0.1) is 11.3 Å². The molecule has 0 spiro atoms. The van der Waals surface area contributed by atoms with Gasteiger partial charge in [0, 0.05) is 0 Å². The van der Waals surface area contributed by atoms with Crippen molar-refractivity contribution < 1.29 is 19.2 Å². The Labute approximate surface area is 133 Å². The number of aromatic nitrogens is 1. The van der Waals surface area contributed by atoms with E-state index in [9.17, 15) is 14.4 Å². The number of carbonyl (C=O) groups is 3. The van der Waals surface area contributed by atoms with E-state index in [4.69, 9.17) is 4.84 Å². The number of hydrogen-bond donors (Lipinski definition) is 0. The van der Waals surface area contributed by atoms with E-state index in [1.54, 1.807) is 35.8 Å². The quantitative estimate of drug-likeness (QED) is 0.677. The first-order chi connectivity index (χ1) is 11.1. The molecule has 0 atom stereocenters. The second-order valence-corrected chi connectivity index (χ2v) is 5.75. The summed E-state index contributed by atoms with van der Waals surface area (Å²) in [5.41, 5.74) is 3.14. The Kier molecular flexibility index (Phi) is 2.95. The average molecular weight is 324 g/mol. The lowest BCUT2D eigenvalue weighted by Gasteiger charge is -2.12. The van der Waals surface area contributed by atoms with E-state index in [-0.39, 0.29) is 16.7 Å². The fourth-order valence-corrected chi connectivity index (χ4v) is 3.08. The molecule has 0 unspecified atom stereocenters. The number of hydroxylamine groups is 2. The van der Waals surface area contributed by atoms with Gasteiger partial charge in [-0.3, -0.25) is 9.59 Å². The molecule has 23 heavy (non-hydrogen) atoms. The fourth-order valence-electron chi connectivity index (χ4n) is 2.37. The molecular formula is C16H8N2O4S. The molecule has 2 heterocycles. The lowest BCUT2D eigenvalue weighted by molar-refractivity contribution is -0.0584. The molecule has 112 valence electrons. The van der Waals surface area contributed by atoms with Crippen LogP contribution in [0, 0.1) is 0 Å². The maximum absolute atomic E-state index is 12.2. The van der Waals surface area contributed by atoms with Crippen LogP contribution < -0.4 is 0 Å². The van der Waals surface area contributed by atoms with Crippen LogP contribution in [0.3, 0.4) is 0 Å². The lowest BCUT2D eigenvalue weighted by atomic mass is 10.1. The average Bonchev–Trinajstić information content (AvgIpc) is 3.13. The minimum absolute atomic E-state index is 0.225. The van der Waals surface area contributed by atoms with Crippen molar-refractivity contribution >= 4 is 39.3 Å². The number of imide groups is 1. The van der Waals surface area contributed by atoms with E-state index in [0.717, 1.165) is 10.2 Å². The van der Waals surface area contributed by atoms with Crippen LogP contribution in [0.1, 0.15) is 31.1 Å². The second-order valence-electron chi connectivity index (χ2n) is 4.86. The van der Waals surface area contributed by atoms with Gasteiger partial charge in [-0.05, 0) is 30.3 Å². The highest BCUT2D eigenvalue weighted by molar-refractivity contribution is 7.16. The number of hydrogen-bond acceptors (Lipinski definition) is 6. The third-order valence-corrected chi connectivity index (χ3v) is 4.29. The second kappa shape index (κ2) is 4.99. The maximum Gasteiger partial charge on any atom is 0.364 e. The molecule has 0 radical (unpaired) electrons. The third-order valence-electron chi connectivity index (χ3n) is 3.50. The van der Waals surface area contributed by atoms with Gasteiger partial charge in [-0.25, -0.2) is 9.78 Å². The highest BCUT2D eigenvalue weighted by atomic mass is 32.1. The number of nitrogens with zero attached hydrogens (tertiary/aromatic N) is 2. The van der Waals surface area contributed by atoms with Gasteiger partial charge < -0.3 is 4.84 Å². The van der Waals surface area contributed by atoms with Crippen LogP contribution in [0.25, 0.3) is 10.2 Å². The molecule has 4 rings (SSSR count). The van der Waals surface area contributed by atoms with Gasteiger partial charge in [0.1, 0.15) is 0 Å². The van der Waals surface area contributed by atoms with Gasteiger partial charge in [-0.2, -0.15) is 0 Å². The summed E-state index contributed by atoms with van der Waals surface area (Å²) in [6.07, 6.45) is 0. The lowest BCUT2D eigenvalue weighted by Crippen LogP contribution is -2.32. The molecule has 0 aliphatic carbocycles. The number of fused-ring (bicyclic) bond motifs is 2. The van der Waals surface area contributed by atoms with E-state index in [1.807, 2.05) is 0 Å². The molecule has 7 heteroatoms. The van der Waals surface area contributed by atoms with Gasteiger partial charge in [0.05, 0.1) is 32.4 Å². The SMILES string of the molecule is O=C(ON1C(=O)c2ccccc2C1=O)c1ccc2ncsc2c1. The Morgan fingerprint density at radius 1 is 1.04 bits per heavy atom. The zero-order valence-corrected chi connectivity index (χ0v) is 12.4. The summed E-state index contributed by atoms with van der Waals surface area (Å²) in [5.74, 6) is -2.05. The predicted molar refractivity (Wildman–Crippen MR) is 82.0 cm³/mol. The Morgan fingerprint density at radius 2 is 1.74 bits per heavy atom. The van der Waals surface area contributed by atoms with Gasteiger partial charge in [0.25, 0.3) is 11.8 Å². The van der Waals surface area contributed by atoms with Crippen molar-refractivity contribution in [2.45, 2.75) is 0 Å². The van der Waals surface area contributed by atoms with E-state index in [0.29, 0.717) is 5.06 Å². The summed E-state index contributed by atoms with van der Waals surface area (Å²) in [6.45, 7) is 0. The molecule has 1 aromatic heterocycles. The smallest absolute Gasteiger partial charge is 0.324 e. The van der Waals surface area contributed by atoms with Crippen LogP contribution in [0.5, 0.6) is 0 Å². The molecular weight excluding hydrogens is 316 g/mol. The fraction of sp³-hybridized carbons (Fsp3) is 0. The topological polar surface area (TPSA) is 76.6 Å². The molecule has 2 aromatic carbocycles. The van der Waals surface area contributed by atoms with E-state index in [1.165, 1.54) is 23.5 Å². The van der Waals surface area contributed by atoms with Crippen LogP contribution in [-0.4, -0.2) is 27.8 Å². The predicted octanol–water partition coefficient (Wildman–Crippen LogP) is 2.66. The van der Waals surface area contributed by atoms with E-state index >= 15 is 0 Å². The zero-order valence-electron chi connectivity index (χ0n) is 11.6. The molecule has 1 aliphatic rings. The van der Waals surface area contributed by atoms with Crippen molar-refractivity contribution in [2.24, 2.45) is 0 Å². The molecule has 0 saturated carbocycles. The first-order valence-corrected chi connectivity index (χ1v) is 7.56. The number of benzene rings is 2. The van der Waals surface area contributed by atoms with Crippen molar-refractivity contribution in [3.05, 3.63) is 64.7 Å². The number of carbonyl (C=O) groups excluding carboxylic acids is 3. The Bertz CT molecular complexity index is 944. The zero-order chi connectivity index (χ0) is 16.0. The highest BCUT2D eigenvalue weighted by Crippen LogP contribution is 2.24. The molecule has 6 nitrogen and oxygen atoms in total. The molecule has 3 aromatic rings. The van der Waals surface area contributed by atoms with Crippen LogP contribution >= 0.6 is 11.3 Å². The molecule has 0 saturated heterocycles. The van der Waals surface area contributed by atoms with Gasteiger partial charge >= 0.3 is 5.97 Å². The van der Waals surface area contributed by atoms with E-state index < -0.39 is 17.8 Å². The molecule has 2 amide bonds. The number of thiazole rings is 1. The summed E-state index contributed by atoms with van der Waals surface area (Å²) in [5, 5.41) is 0.504. The Morgan fingerprint density at radius 3 is 2.43 bits per heavy atom. The van der Waals surface area contributed by atoms with Crippen LogP contribution in [0.15, 0.2) is 48.0 Å². The van der Waals surface area contributed by atoms with E-state index in [2.05, 4.69) is 4.98 Å². The van der Waals surface area contributed by atoms with Crippen molar-refractivity contribution in [1.29, 1.82) is 0 Å². The first kappa shape index (κ1) is 13.6. The minimum Gasteiger partial charge on any atom is -0.324 e. The summed E-state index contributed by atoms with van der Waals surface area (Å²) >= 11 is 1.39. The van der Waals surface area contributed by atoms with Gasteiger partial charge in [-0.1, -0.05) is 17.2 Å². The molecule has 0 fully saturated rings. The van der Waals surface area contributed by atoms with Gasteiger partial charge in [0.15, 0.2) is 0 Å². The molecule has 1 aliphatic heterocycles. The summed E-state index contributed by atoms with van der Waals surface area (Å²) in [6, 6.07) is 11.2. The minimum atomic E-state index is -0.769. The summed E-state index contributed by atoms with van der Waals surface area (Å²) in [4.78, 5) is 45.7. The molecule has 0 bridgehead atoms. The normalized spacial score (nSPS) is 13.5. The van der Waals surface area contributed by atoms with Crippen molar-refractivity contribution in [1.82, 2.24) is 10.0 Å². The van der Waals surface area contributed by atoms with Crippen LogP contribution in [0.2, 0.25) is 0 Å². The van der Waals surface area contributed by atoms with Crippen LogP contribution in [-0.2, 0) is 4.84 Å². The van der Waals surface area contributed by atoms with Crippen molar-refractivity contribution in [2.75, 3.05) is 0 Å². The van der Waals surface area contributed by atoms with Gasteiger partial charge in [0.2, 0.25) is 0 Å². The summed E-state index contributed by atoms with van der Waals surface area (Å²) in [7, 11) is 0. The largest absolute Gasteiger partial charge is 0.364 e. The third kappa shape index (κ3) is 2.09. The summed E-state index contributed by atoms with van der Waals surface area (Å²) < 4.78 is 0.821. The Hall–Kier alpha value is -3.06. The number of rotatable bonds is 2. The Balaban J connectivity index is 1.62. The van der Waals surface area contributed by atoms with Crippen molar-refractivity contribution in [3.8, 4) is 0 Å². The maximum atomic E-state index is 12.2. The van der Waals surface area contributed by atoms with Crippen LogP contribution in [0.4, 0.5) is 0 Å². The number of amides is 2.